The summed E-state index contributed by atoms with van der Waals surface area (Å²) in [5.41, 5.74) is 1.40. The molecule has 0 bridgehead atoms. The summed E-state index contributed by atoms with van der Waals surface area (Å²) in [5, 5.41) is 9.47. The summed E-state index contributed by atoms with van der Waals surface area (Å²) < 4.78 is 2.17. The van der Waals surface area contributed by atoms with Crippen LogP contribution in [0.4, 0.5) is 0 Å². The lowest BCUT2D eigenvalue weighted by molar-refractivity contribution is 0.0697. The molecule has 0 saturated carbocycles. The Kier molecular flexibility index (Phi) is 3.35. The first kappa shape index (κ1) is 13.9. The van der Waals surface area contributed by atoms with Gasteiger partial charge in [-0.25, -0.2) is 9.59 Å². The van der Waals surface area contributed by atoms with Crippen molar-refractivity contribution in [1.29, 1.82) is 0 Å². The molecule has 1 aromatic heterocycles. The normalized spacial score (nSPS) is 11.0. The van der Waals surface area contributed by atoms with E-state index in [2.05, 4.69) is 20.9 Å². The molecule has 0 unspecified atom stereocenters. The van der Waals surface area contributed by atoms with Crippen molar-refractivity contribution in [3.8, 4) is 5.69 Å². The molecule has 0 saturated heterocycles. The minimum absolute atomic E-state index is 0.115. The number of aromatic carboxylic acids is 1. The summed E-state index contributed by atoms with van der Waals surface area (Å²) in [6.45, 7) is 0. The third-order valence-electron chi connectivity index (χ3n) is 3.09. The van der Waals surface area contributed by atoms with Crippen LogP contribution in [0.2, 0.25) is 5.02 Å². The molecule has 0 atom stereocenters. The third-order valence-corrected chi connectivity index (χ3v) is 4.32. The molecule has 0 radical (unpaired) electrons. The van der Waals surface area contributed by atoms with E-state index >= 15 is 0 Å². The van der Waals surface area contributed by atoms with Gasteiger partial charge in [-0.15, -0.1) is 0 Å². The van der Waals surface area contributed by atoms with Crippen molar-refractivity contribution in [2.45, 2.75) is 0 Å². The van der Waals surface area contributed by atoms with Crippen molar-refractivity contribution >= 4 is 44.5 Å². The first-order valence-corrected chi connectivity index (χ1v) is 7.08. The minimum Gasteiger partial charge on any atom is -0.478 e. The van der Waals surface area contributed by atoms with Gasteiger partial charge >= 0.3 is 11.7 Å². The molecule has 0 spiro atoms. The van der Waals surface area contributed by atoms with Crippen LogP contribution in [0.15, 0.2) is 45.7 Å². The number of carboxylic acid groups (broad SMARTS) is 1. The lowest BCUT2D eigenvalue weighted by Crippen LogP contribution is -2.14. The fraction of sp³-hybridized carbons (Fsp3) is 0. The SMILES string of the molecule is O=C(O)c1ccc2c(c1)[nH]c(=O)n2-c1ccc(Br)c(Cl)c1. The first-order chi connectivity index (χ1) is 9.97. The number of rotatable bonds is 2. The van der Waals surface area contributed by atoms with Gasteiger partial charge in [-0.05, 0) is 52.3 Å². The number of aromatic amines is 1. The molecule has 7 heteroatoms. The Morgan fingerprint density at radius 2 is 2.00 bits per heavy atom. The predicted molar refractivity (Wildman–Crippen MR) is 83.6 cm³/mol. The summed E-state index contributed by atoms with van der Waals surface area (Å²) in [4.78, 5) is 25.7. The molecule has 2 aromatic carbocycles. The number of carboxylic acids is 1. The van der Waals surface area contributed by atoms with E-state index in [1.54, 1.807) is 24.3 Å². The van der Waals surface area contributed by atoms with Crippen LogP contribution < -0.4 is 5.69 Å². The average molecular weight is 368 g/mol. The maximum absolute atomic E-state index is 12.1. The minimum atomic E-state index is -1.04. The number of fused-ring (bicyclic) bond motifs is 1. The van der Waals surface area contributed by atoms with Crippen molar-refractivity contribution in [1.82, 2.24) is 9.55 Å². The molecule has 3 aromatic rings. The number of nitrogens with one attached hydrogen (secondary N) is 1. The van der Waals surface area contributed by atoms with Crippen molar-refractivity contribution in [3.63, 3.8) is 0 Å². The quantitative estimate of drug-likeness (QED) is 0.728. The van der Waals surface area contributed by atoms with E-state index in [0.29, 0.717) is 21.7 Å². The second-order valence-electron chi connectivity index (χ2n) is 4.40. The summed E-state index contributed by atoms with van der Waals surface area (Å²) >= 11 is 9.34. The van der Waals surface area contributed by atoms with Gasteiger partial charge in [0.1, 0.15) is 0 Å². The van der Waals surface area contributed by atoms with Gasteiger partial charge in [0.2, 0.25) is 0 Å². The first-order valence-electron chi connectivity index (χ1n) is 5.91. The van der Waals surface area contributed by atoms with Crippen LogP contribution in [0.3, 0.4) is 0 Å². The molecule has 0 aliphatic carbocycles. The molecule has 1 heterocycles. The Bertz CT molecular complexity index is 930. The van der Waals surface area contributed by atoms with Crippen LogP contribution >= 0.6 is 27.5 Å². The Hall–Kier alpha value is -2.05. The number of halogens is 2. The van der Waals surface area contributed by atoms with E-state index in [4.69, 9.17) is 16.7 Å². The maximum atomic E-state index is 12.1. The number of H-pyrrole nitrogens is 1. The van der Waals surface area contributed by atoms with Crippen molar-refractivity contribution in [3.05, 3.63) is 61.9 Å². The average Bonchev–Trinajstić information content (AvgIpc) is 2.76. The highest BCUT2D eigenvalue weighted by Crippen LogP contribution is 2.26. The van der Waals surface area contributed by atoms with Crippen molar-refractivity contribution < 1.29 is 9.90 Å². The van der Waals surface area contributed by atoms with E-state index in [1.165, 1.54) is 16.7 Å². The molecule has 0 aliphatic rings. The van der Waals surface area contributed by atoms with E-state index in [9.17, 15) is 9.59 Å². The molecule has 0 fully saturated rings. The molecule has 3 rings (SSSR count). The molecule has 5 nitrogen and oxygen atoms in total. The van der Waals surface area contributed by atoms with Crippen LogP contribution in [-0.2, 0) is 0 Å². The molecular formula is C14H8BrClN2O3. The molecule has 21 heavy (non-hydrogen) atoms. The van der Waals surface area contributed by atoms with Crippen LogP contribution in [0.5, 0.6) is 0 Å². The van der Waals surface area contributed by atoms with Gasteiger partial charge in [0, 0.05) is 4.47 Å². The van der Waals surface area contributed by atoms with Gasteiger partial charge in [-0.1, -0.05) is 11.6 Å². The van der Waals surface area contributed by atoms with Gasteiger partial charge in [0.15, 0.2) is 0 Å². The van der Waals surface area contributed by atoms with Crippen LogP contribution in [0.25, 0.3) is 16.7 Å². The van der Waals surface area contributed by atoms with Gasteiger partial charge < -0.3 is 10.1 Å². The predicted octanol–water partition coefficient (Wildman–Crippen LogP) is 3.43. The van der Waals surface area contributed by atoms with E-state index in [0.717, 1.165) is 4.47 Å². The number of aromatic nitrogens is 2. The van der Waals surface area contributed by atoms with Gasteiger partial charge in [-0.3, -0.25) is 4.57 Å². The number of benzene rings is 2. The molecule has 0 amide bonds. The Morgan fingerprint density at radius 1 is 1.24 bits per heavy atom. The zero-order chi connectivity index (χ0) is 15.1. The smallest absolute Gasteiger partial charge is 0.335 e. The lowest BCUT2D eigenvalue weighted by atomic mass is 10.2. The number of hydrogen-bond acceptors (Lipinski definition) is 2. The number of imidazole rings is 1. The second-order valence-corrected chi connectivity index (χ2v) is 5.66. The summed E-state index contributed by atoms with van der Waals surface area (Å²) in [6.07, 6.45) is 0. The van der Waals surface area contributed by atoms with Crippen LogP contribution in [0, 0.1) is 0 Å². The highest BCUT2D eigenvalue weighted by atomic mass is 79.9. The maximum Gasteiger partial charge on any atom is 0.335 e. The summed E-state index contributed by atoms with van der Waals surface area (Å²) in [6, 6.07) is 9.62. The molecular weight excluding hydrogens is 360 g/mol. The fourth-order valence-corrected chi connectivity index (χ4v) is 2.55. The largest absolute Gasteiger partial charge is 0.478 e. The Balaban J connectivity index is 2.27. The zero-order valence-electron chi connectivity index (χ0n) is 10.4. The van der Waals surface area contributed by atoms with E-state index in [-0.39, 0.29) is 11.3 Å². The van der Waals surface area contributed by atoms with E-state index < -0.39 is 5.97 Å². The monoisotopic (exact) mass is 366 g/mol. The van der Waals surface area contributed by atoms with Crippen LogP contribution in [0.1, 0.15) is 10.4 Å². The second kappa shape index (κ2) is 5.05. The van der Waals surface area contributed by atoms with Crippen molar-refractivity contribution in [2.75, 3.05) is 0 Å². The molecule has 106 valence electrons. The zero-order valence-corrected chi connectivity index (χ0v) is 12.8. The number of hydrogen-bond donors (Lipinski definition) is 2. The molecule has 0 aliphatic heterocycles. The summed E-state index contributed by atoms with van der Waals surface area (Å²) in [5.74, 6) is -1.04. The van der Waals surface area contributed by atoms with Crippen LogP contribution in [-0.4, -0.2) is 20.6 Å². The standard InChI is InChI=1S/C14H8BrClN2O3/c15-9-3-2-8(6-10(9)16)18-12-4-1-7(13(19)20)5-11(12)17-14(18)21/h1-6H,(H,17,21)(H,19,20). The van der Waals surface area contributed by atoms with Gasteiger partial charge in [0.05, 0.1) is 27.3 Å². The molecule has 2 N–H and O–H groups in total. The number of nitrogens with zero attached hydrogens (tertiary/aromatic N) is 1. The Labute approximate surface area is 131 Å². The van der Waals surface area contributed by atoms with E-state index in [1.807, 2.05) is 0 Å². The highest BCUT2D eigenvalue weighted by Gasteiger charge is 2.12. The Morgan fingerprint density at radius 3 is 2.67 bits per heavy atom. The summed E-state index contributed by atoms with van der Waals surface area (Å²) in [7, 11) is 0. The number of carbonyl (C=O) groups is 1. The van der Waals surface area contributed by atoms with Gasteiger partial charge in [0.25, 0.3) is 0 Å². The van der Waals surface area contributed by atoms with Crippen molar-refractivity contribution in [2.24, 2.45) is 0 Å². The highest BCUT2D eigenvalue weighted by molar-refractivity contribution is 9.10. The topological polar surface area (TPSA) is 75.1 Å². The third kappa shape index (κ3) is 2.36. The fourth-order valence-electron chi connectivity index (χ4n) is 2.13. The lowest BCUT2D eigenvalue weighted by Gasteiger charge is -2.05. The van der Waals surface area contributed by atoms with Gasteiger partial charge in [-0.2, -0.15) is 0 Å².